The molecule has 3 nitrogen and oxygen atoms in total. The lowest BCUT2D eigenvalue weighted by atomic mass is 9.91. The van der Waals surface area contributed by atoms with Gasteiger partial charge in [0.1, 0.15) is 0 Å². The minimum atomic E-state index is -3.21. The van der Waals surface area contributed by atoms with Crippen LogP contribution in [0.3, 0.4) is 0 Å². The summed E-state index contributed by atoms with van der Waals surface area (Å²) in [5.41, 5.74) is 0.786. The van der Waals surface area contributed by atoms with Gasteiger partial charge in [-0.15, -0.1) is 0 Å². The van der Waals surface area contributed by atoms with Crippen molar-refractivity contribution < 1.29 is 8.42 Å². The predicted molar refractivity (Wildman–Crippen MR) is 73.9 cm³/mol. The van der Waals surface area contributed by atoms with Gasteiger partial charge in [0.15, 0.2) is 9.84 Å². The molecular weight excluding hydrogens is 270 g/mol. The quantitative estimate of drug-likeness (QED) is 0.928. The number of hydrogen-bond donors (Lipinski definition) is 1. The molecule has 100 valence electrons. The van der Waals surface area contributed by atoms with Gasteiger partial charge in [0.25, 0.3) is 0 Å². The lowest BCUT2D eigenvalue weighted by Gasteiger charge is -2.23. The molecule has 0 saturated carbocycles. The molecule has 0 aromatic heterocycles. The molecule has 0 spiro atoms. The average molecular weight is 288 g/mol. The van der Waals surface area contributed by atoms with Crippen molar-refractivity contribution in [2.24, 2.45) is 5.92 Å². The zero-order valence-electron chi connectivity index (χ0n) is 10.4. The fourth-order valence-corrected chi connectivity index (χ4v) is 3.73. The molecule has 0 bridgehead atoms. The Morgan fingerprint density at radius 3 is 2.61 bits per heavy atom. The Balaban J connectivity index is 2.31. The van der Waals surface area contributed by atoms with E-state index in [-0.39, 0.29) is 0 Å². The van der Waals surface area contributed by atoms with Crippen LogP contribution in [0.5, 0.6) is 0 Å². The van der Waals surface area contributed by atoms with E-state index in [1.165, 1.54) is 6.26 Å². The number of sulfone groups is 1. The maximum Gasteiger partial charge on any atom is 0.175 e. The molecule has 1 aliphatic rings. The molecule has 1 saturated heterocycles. The van der Waals surface area contributed by atoms with Crippen molar-refractivity contribution in [3.8, 4) is 0 Å². The van der Waals surface area contributed by atoms with Crippen LogP contribution in [0.25, 0.3) is 0 Å². The molecule has 0 radical (unpaired) electrons. The highest BCUT2D eigenvalue weighted by Gasteiger charge is 2.20. The lowest BCUT2D eigenvalue weighted by Crippen LogP contribution is -2.29. The van der Waals surface area contributed by atoms with Gasteiger partial charge in [-0.3, -0.25) is 0 Å². The van der Waals surface area contributed by atoms with Crippen molar-refractivity contribution in [3.63, 3.8) is 0 Å². The van der Waals surface area contributed by atoms with Crippen LogP contribution in [0.15, 0.2) is 23.1 Å². The van der Waals surface area contributed by atoms with Crippen LogP contribution >= 0.6 is 11.6 Å². The van der Waals surface area contributed by atoms with Crippen LogP contribution < -0.4 is 5.32 Å². The number of nitrogens with one attached hydrogen (secondary N) is 1. The Morgan fingerprint density at radius 1 is 1.33 bits per heavy atom. The third-order valence-corrected chi connectivity index (χ3v) is 4.96. The number of rotatable bonds is 3. The first-order valence-corrected chi connectivity index (χ1v) is 8.43. The highest BCUT2D eigenvalue weighted by Crippen LogP contribution is 2.29. The maximum atomic E-state index is 11.8. The summed E-state index contributed by atoms with van der Waals surface area (Å²) in [4.78, 5) is 0.383. The van der Waals surface area contributed by atoms with Crippen LogP contribution in [0.2, 0.25) is 5.02 Å². The first kappa shape index (κ1) is 13.8. The highest BCUT2D eigenvalue weighted by molar-refractivity contribution is 7.90. The van der Waals surface area contributed by atoms with Crippen molar-refractivity contribution in [2.75, 3.05) is 19.3 Å². The Hall–Kier alpha value is -0.580. The zero-order chi connectivity index (χ0) is 13.2. The molecule has 0 atom stereocenters. The average Bonchev–Trinajstić information content (AvgIpc) is 2.32. The molecule has 1 aromatic rings. The lowest BCUT2D eigenvalue weighted by molar-refractivity contribution is 0.371. The van der Waals surface area contributed by atoms with Gasteiger partial charge in [0, 0.05) is 11.3 Å². The highest BCUT2D eigenvalue weighted by atomic mass is 35.5. The molecule has 0 unspecified atom stereocenters. The van der Waals surface area contributed by atoms with Gasteiger partial charge in [-0.05, 0) is 56.0 Å². The van der Waals surface area contributed by atoms with E-state index in [1.54, 1.807) is 18.2 Å². The molecule has 5 heteroatoms. The van der Waals surface area contributed by atoms with Crippen LogP contribution in [0.4, 0.5) is 0 Å². The molecule has 1 N–H and O–H groups in total. The Morgan fingerprint density at radius 2 is 2.00 bits per heavy atom. The first-order chi connectivity index (χ1) is 8.48. The van der Waals surface area contributed by atoms with Crippen LogP contribution in [-0.2, 0) is 16.3 Å². The summed E-state index contributed by atoms with van der Waals surface area (Å²) in [6.07, 6.45) is 4.15. The second-order valence-electron chi connectivity index (χ2n) is 4.89. The van der Waals surface area contributed by atoms with E-state index < -0.39 is 9.84 Å². The van der Waals surface area contributed by atoms with E-state index in [4.69, 9.17) is 11.6 Å². The van der Waals surface area contributed by atoms with Gasteiger partial charge in [-0.25, -0.2) is 8.42 Å². The SMILES string of the molecule is CS(=O)(=O)c1cccc(Cl)c1CC1CCNCC1. The largest absolute Gasteiger partial charge is 0.317 e. The van der Waals surface area contributed by atoms with Crippen molar-refractivity contribution in [1.29, 1.82) is 0 Å². The fourth-order valence-electron chi connectivity index (χ4n) is 2.46. The molecule has 0 amide bonds. The van der Waals surface area contributed by atoms with E-state index in [9.17, 15) is 8.42 Å². The standard InChI is InChI=1S/C13H18ClNO2S/c1-18(16,17)13-4-2-3-12(14)11(13)9-10-5-7-15-8-6-10/h2-4,10,15H,5-9H2,1H3. The summed E-state index contributed by atoms with van der Waals surface area (Å²) in [5, 5.41) is 3.87. The summed E-state index contributed by atoms with van der Waals surface area (Å²) in [5.74, 6) is 0.520. The molecule has 2 rings (SSSR count). The topological polar surface area (TPSA) is 46.2 Å². The summed E-state index contributed by atoms with van der Waals surface area (Å²) < 4.78 is 23.6. The molecule has 1 fully saturated rings. The van der Waals surface area contributed by atoms with Crippen LogP contribution in [-0.4, -0.2) is 27.8 Å². The minimum absolute atomic E-state index is 0.383. The molecule has 1 heterocycles. The van der Waals surface area contributed by atoms with Crippen molar-refractivity contribution >= 4 is 21.4 Å². The number of piperidine rings is 1. The molecule has 0 aliphatic carbocycles. The van der Waals surface area contributed by atoms with Crippen molar-refractivity contribution in [2.45, 2.75) is 24.2 Å². The number of hydrogen-bond acceptors (Lipinski definition) is 3. The third-order valence-electron chi connectivity index (χ3n) is 3.43. The van der Waals surface area contributed by atoms with Gasteiger partial charge in [-0.1, -0.05) is 17.7 Å². The second kappa shape index (κ2) is 5.59. The minimum Gasteiger partial charge on any atom is -0.317 e. The van der Waals surface area contributed by atoms with Gasteiger partial charge < -0.3 is 5.32 Å². The monoisotopic (exact) mass is 287 g/mol. The Kier molecular flexibility index (Phi) is 4.30. The van der Waals surface area contributed by atoms with Crippen LogP contribution in [0.1, 0.15) is 18.4 Å². The summed E-state index contributed by atoms with van der Waals surface area (Å²) >= 11 is 6.17. The summed E-state index contributed by atoms with van der Waals surface area (Å²) in [6.45, 7) is 2.01. The normalized spacial score (nSPS) is 17.9. The van der Waals surface area contributed by atoms with Gasteiger partial charge in [0.05, 0.1) is 4.90 Å². The van der Waals surface area contributed by atoms with E-state index in [0.717, 1.165) is 37.9 Å². The second-order valence-corrected chi connectivity index (χ2v) is 7.28. The van der Waals surface area contributed by atoms with Crippen molar-refractivity contribution in [1.82, 2.24) is 5.32 Å². The maximum absolute atomic E-state index is 11.8. The van der Waals surface area contributed by atoms with E-state index in [2.05, 4.69) is 5.32 Å². The van der Waals surface area contributed by atoms with E-state index >= 15 is 0 Å². The smallest absolute Gasteiger partial charge is 0.175 e. The predicted octanol–water partition coefficient (Wildman–Crippen LogP) is 2.29. The Bertz CT molecular complexity index is 522. The fraction of sp³-hybridized carbons (Fsp3) is 0.538. The number of benzene rings is 1. The zero-order valence-corrected chi connectivity index (χ0v) is 12.0. The molecule has 18 heavy (non-hydrogen) atoms. The van der Waals surface area contributed by atoms with E-state index in [1.807, 2.05) is 0 Å². The summed E-state index contributed by atoms with van der Waals surface area (Å²) in [7, 11) is -3.21. The third kappa shape index (κ3) is 3.25. The summed E-state index contributed by atoms with van der Waals surface area (Å²) in [6, 6.07) is 5.12. The first-order valence-electron chi connectivity index (χ1n) is 6.16. The molecule has 1 aromatic carbocycles. The van der Waals surface area contributed by atoms with Gasteiger partial charge in [0.2, 0.25) is 0 Å². The van der Waals surface area contributed by atoms with Crippen molar-refractivity contribution in [3.05, 3.63) is 28.8 Å². The van der Waals surface area contributed by atoms with Gasteiger partial charge >= 0.3 is 0 Å². The molecule has 1 aliphatic heterocycles. The van der Waals surface area contributed by atoms with E-state index in [0.29, 0.717) is 15.8 Å². The number of halogens is 1. The van der Waals surface area contributed by atoms with Crippen LogP contribution in [0, 0.1) is 5.92 Å². The Labute approximate surface area is 113 Å². The molecular formula is C13H18ClNO2S. The van der Waals surface area contributed by atoms with Gasteiger partial charge in [-0.2, -0.15) is 0 Å².